The Labute approximate surface area is 104 Å². The van der Waals surface area contributed by atoms with Gasteiger partial charge in [0.2, 0.25) is 5.78 Å². The minimum Gasteiger partial charge on any atom is -0.441 e. The second-order valence-electron chi connectivity index (χ2n) is 2.95. The molecule has 0 aliphatic rings. The number of hydrogen-bond acceptors (Lipinski definition) is 3. The van der Waals surface area contributed by atoms with Gasteiger partial charge < -0.3 is 4.42 Å². The van der Waals surface area contributed by atoms with Crippen molar-refractivity contribution in [2.45, 2.75) is 6.92 Å². The third-order valence-electron chi connectivity index (χ3n) is 1.88. The van der Waals surface area contributed by atoms with E-state index in [4.69, 9.17) is 16.0 Å². The molecule has 0 aliphatic carbocycles. The lowest BCUT2D eigenvalue weighted by Crippen LogP contribution is -1.95. The molecular weight excluding hydrogens is 300 g/mol. The molecule has 2 heterocycles. The fourth-order valence-corrected chi connectivity index (χ4v) is 2.76. The van der Waals surface area contributed by atoms with Crippen LogP contribution in [-0.4, -0.2) is 5.78 Å². The molecule has 0 saturated carbocycles. The molecule has 0 N–H and O–H groups in total. The van der Waals surface area contributed by atoms with Crippen molar-refractivity contribution >= 4 is 44.7 Å². The van der Waals surface area contributed by atoms with Crippen molar-refractivity contribution in [1.29, 1.82) is 0 Å². The number of rotatable bonds is 2. The van der Waals surface area contributed by atoms with E-state index < -0.39 is 0 Å². The largest absolute Gasteiger partial charge is 0.441 e. The van der Waals surface area contributed by atoms with Crippen LogP contribution in [-0.2, 0) is 0 Å². The summed E-state index contributed by atoms with van der Waals surface area (Å²) in [4.78, 5) is 13.6. The molecule has 0 fully saturated rings. The maximum atomic E-state index is 11.9. The molecule has 5 heteroatoms. The molecule has 15 heavy (non-hydrogen) atoms. The van der Waals surface area contributed by atoms with Crippen molar-refractivity contribution in [1.82, 2.24) is 0 Å². The van der Waals surface area contributed by atoms with Crippen LogP contribution in [0.1, 0.15) is 20.3 Å². The van der Waals surface area contributed by atoms with Crippen LogP contribution in [0.4, 0.5) is 0 Å². The molecule has 2 rings (SSSR count). The normalized spacial score (nSPS) is 10.6. The summed E-state index contributed by atoms with van der Waals surface area (Å²) >= 11 is 10.4. The standard InChI is InChI=1S/C10H6BrClO2S/c1-5-6(11)4-8(15-5)10(13)7-2-3-9(12)14-7/h2-4H,1H3. The third-order valence-corrected chi connectivity index (χ3v) is 4.22. The number of carbonyl (C=O) groups is 1. The van der Waals surface area contributed by atoms with Crippen molar-refractivity contribution in [3.8, 4) is 0 Å². The Morgan fingerprint density at radius 2 is 2.27 bits per heavy atom. The van der Waals surface area contributed by atoms with Gasteiger partial charge in [-0.1, -0.05) is 0 Å². The maximum absolute atomic E-state index is 11.9. The Morgan fingerprint density at radius 1 is 1.53 bits per heavy atom. The monoisotopic (exact) mass is 304 g/mol. The Morgan fingerprint density at radius 3 is 2.73 bits per heavy atom. The maximum Gasteiger partial charge on any atom is 0.238 e. The molecule has 2 nitrogen and oxygen atoms in total. The summed E-state index contributed by atoms with van der Waals surface area (Å²) in [5, 5.41) is 0.227. The molecule has 2 aromatic heterocycles. The number of halogens is 2. The van der Waals surface area contributed by atoms with Crippen LogP contribution < -0.4 is 0 Å². The van der Waals surface area contributed by atoms with Crippen LogP contribution in [0, 0.1) is 6.92 Å². The number of ketones is 1. The average molecular weight is 306 g/mol. The highest BCUT2D eigenvalue weighted by Gasteiger charge is 2.16. The highest BCUT2D eigenvalue weighted by molar-refractivity contribution is 9.10. The van der Waals surface area contributed by atoms with Gasteiger partial charge in [0.05, 0.1) is 4.88 Å². The molecule has 0 bridgehead atoms. The molecule has 0 spiro atoms. The van der Waals surface area contributed by atoms with E-state index in [1.54, 1.807) is 18.2 Å². The summed E-state index contributed by atoms with van der Waals surface area (Å²) in [6.45, 7) is 1.95. The van der Waals surface area contributed by atoms with Crippen LogP contribution in [0.15, 0.2) is 27.1 Å². The van der Waals surface area contributed by atoms with Crippen molar-refractivity contribution in [3.63, 3.8) is 0 Å². The molecule has 0 saturated heterocycles. The summed E-state index contributed by atoms with van der Waals surface area (Å²) in [6, 6.07) is 4.93. The first kappa shape index (κ1) is 10.9. The minimum atomic E-state index is -0.138. The Balaban J connectivity index is 2.36. The van der Waals surface area contributed by atoms with E-state index in [1.165, 1.54) is 11.3 Å². The van der Waals surface area contributed by atoms with E-state index in [1.807, 2.05) is 6.92 Å². The van der Waals surface area contributed by atoms with Gasteiger partial charge in [0, 0.05) is 9.35 Å². The highest BCUT2D eigenvalue weighted by atomic mass is 79.9. The molecule has 0 aliphatic heterocycles. The predicted octanol–water partition coefficient (Wildman–Crippen LogP) is 4.30. The van der Waals surface area contributed by atoms with Crippen LogP contribution in [0.2, 0.25) is 5.22 Å². The zero-order valence-corrected chi connectivity index (χ0v) is 10.9. The van der Waals surface area contributed by atoms with Crippen LogP contribution in [0.25, 0.3) is 0 Å². The van der Waals surface area contributed by atoms with Gasteiger partial charge >= 0.3 is 0 Å². The van der Waals surface area contributed by atoms with Gasteiger partial charge in [-0.05, 0) is 52.7 Å². The molecule has 78 valence electrons. The summed E-state index contributed by atoms with van der Waals surface area (Å²) in [7, 11) is 0. The quantitative estimate of drug-likeness (QED) is 0.775. The Hall–Kier alpha value is -0.580. The molecule has 0 aromatic carbocycles. The number of furan rings is 1. The van der Waals surface area contributed by atoms with Gasteiger partial charge in [-0.3, -0.25) is 4.79 Å². The van der Waals surface area contributed by atoms with E-state index in [9.17, 15) is 4.79 Å². The first-order chi connectivity index (χ1) is 7.08. The van der Waals surface area contributed by atoms with Crippen LogP contribution in [0.3, 0.4) is 0 Å². The van der Waals surface area contributed by atoms with E-state index in [-0.39, 0.29) is 16.8 Å². The molecule has 0 atom stereocenters. The van der Waals surface area contributed by atoms with Gasteiger partial charge in [-0.25, -0.2) is 0 Å². The molecule has 0 unspecified atom stereocenters. The van der Waals surface area contributed by atoms with Crippen molar-refractivity contribution in [2.75, 3.05) is 0 Å². The van der Waals surface area contributed by atoms with Gasteiger partial charge in [0.15, 0.2) is 11.0 Å². The second kappa shape index (κ2) is 4.12. The molecular formula is C10H6BrClO2S. The molecule has 0 radical (unpaired) electrons. The number of aryl methyl sites for hydroxylation is 1. The van der Waals surface area contributed by atoms with E-state index in [2.05, 4.69) is 15.9 Å². The summed E-state index contributed by atoms with van der Waals surface area (Å²) < 4.78 is 5.99. The van der Waals surface area contributed by atoms with Gasteiger partial charge in [-0.15, -0.1) is 11.3 Å². The number of carbonyl (C=O) groups excluding carboxylic acids is 1. The second-order valence-corrected chi connectivity index (χ2v) is 5.43. The smallest absolute Gasteiger partial charge is 0.238 e. The summed E-state index contributed by atoms with van der Waals surface area (Å²) in [6.07, 6.45) is 0. The number of hydrogen-bond donors (Lipinski definition) is 0. The lowest BCUT2D eigenvalue weighted by atomic mass is 10.2. The van der Waals surface area contributed by atoms with E-state index >= 15 is 0 Å². The summed E-state index contributed by atoms with van der Waals surface area (Å²) in [5.74, 6) is 0.134. The fraction of sp³-hybridized carbons (Fsp3) is 0.100. The van der Waals surface area contributed by atoms with Crippen molar-refractivity contribution in [3.05, 3.63) is 43.4 Å². The molecule has 2 aromatic rings. The minimum absolute atomic E-state index is 0.138. The highest BCUT2D eigenvalue weighted by Crippen LogP contribution is 2.28. The van der Waals surface area contributed by atoms with Crippen LogP contribution >= 0.6 is 38.9 Å². The lowest BCUT2D eigenvalue weighted by molar-refractivity contribution is 0.101. The Kier molecular flexibility index (Phi) is 3.00. The molecule has 0 amide bonds. The van der Waals surface area contributed by atoms with Gasteiger partial charge in [0.1, 0.15) is 0 Å². The van der Waals surface area contributed by atoms with Gasteiger partial charge in [-0.2, -0.15) is 0 Å². The Bertz CT molecular complexity index is 496. The first-order valence-electron chi connectivity index (χ1n) is 4.14. The first-order valence-corrected chi connectivity index (χ1v) is 6.12. The SMILES string of the molecule is Cc1sc(C(=O)c2ccc(Cl)o2)cc1Br. The summed E-state index contributed by atoms with van der Waals surface area (Å²) in [5.41, 5.74) is 0. The van der Waals surface area contributed by atoms with Gasteiger partial charge in [0.25, 0.3) is 0 Å². The van der Waals surface area contributed by atoms with Crippen molar-refractivity contribution in [2.24, 2.45) is 0 Å². The van der Waals surface area contributed by atoms with Crippen molar-refractivity contribution < 1.29 is 9.21 Å². The topological polar surface area (TPSA) is 30.2 Å². The zero-order chi connectivity index (χ0) is 11.0. The zero-order valence-electron chi connectivity index (χ0n) is 7.71. The average Bonchev–Trinajstić information content (AvgIpc) is 2.74. The predicted molar refractivity (Wildman–Crippen MR) is 63.9 cm³/mol. The fourth-order valence-electron chi connectivity index (χ4n) is 1.13. The van der Waals surface area contributed by atoms with Crippen LogP contribution in [0.5, 0.6) is 0 Å². The van der Waals surface area contributed by atoms with E-state index in [0.717, 1.165) is 9.35 Å². The third kappa shape index (κ3) is 2.17. The van der Waals surface area contributed by atoms with E-state index in [0.29, 0.717) is 4.88 Å². The lowest BCUT2D eigenvalue weighted by Gasteiger charge is -1.90. The number of thiophene rings is 1.